The molecule has 0 aliphatic carbocycles. The van der Waals surface area contributed by atoms with Gasteiger partial charge in [0.25, 0.3) is 0 Å². The van der Waals surface area contributed by atoms with Crippen LogP contribution in [0.25, 0.3) is 10.9 Å². The topological polar surface area (TPSA) is 71.7 Å². The van der Waals surface area contributed by atoms with Crippen LogP contribution >= 0.6 is 0 Å². The lowest BCUT2D eigenvalue weighted by Gasteiger charge is -2.04. The fraction of sp³-hybridized carbons (Fsp3) is 0. The van der Waals surface area contributed by atoms with Gasteiger partial charge in [0.15, 0.2) is 0 Å². The minimum absolute atomic E-state index is 0.135. The quantitative estimate of drug-likeness (QED) is 0.697. The van der Waals surface area contributed by atoms with E-state index in [1.165, 1.54) is 12.3 Å². The summed E-state index contributed by atoms with van der Waals surface area (Å²) in [5.74, 6) is 0.536. The fourth-order valence-electron chi connectivity index (χ4n) is 1.66. The van der Waals surface area contributed by atoms with Crippen LogP contribution in [0, 0.1) is 11.3 Å². The average Bonchev–Trinajstić information content (AvgIpc) is 2.47. The summed E-state index contributed by atoms with van der Waals surface area (Å²) >= 11 is 0. The first-order chi connectivity index (χ1) is 9.35. The Labute approximate surface area is 109 Å². The molecule has 0 atom stereocenters. The zero-order chi connectivity index (χ0) is 13.1. The van der Waals surface area contributed by atoms with Crippen LogP contribution in [0.3, 0.4) is 0 Å². The third kappa shape index (κ3) is 2.33. The van der Waals surface area contributed by atoms with E-state index in [1.807, 2.05) is 36.4 Å². The number of ether oxygens (including phenoxy) is 1. The van der Waals surface area contributed by atoms with Crippen LogP contribution in [0.5, 0.6) is 11.8 Å². The zero-order valence-corrected chi connectivity index (χ0v) is 9.82. The molecular formula is C14H8N4O. The van der Waals surface area contributed by atoms with E-state index in [0.29, 0.717) is 5.75 Å². The molecule has 0 saturated heterocycles. The molecule has 0 bridgehead atoms. The van der Waals surface area contributed by atoms with Gasteiger partial charge in [0.05, 0.1) is 11.7 Å². The third-order valence-corrected chi connectivity index (χ3v) is 2.52. The maximum atomic E-state index is 8.76. The zero-order valence-electron chi connectivity index (χ0n) is 9.82. The molecule has 0 N–H and O–H groups in total. The van der Waals surface area contributed by atoms with Crippen LogP contribution in [0.1, 0.15) is 5.69 Å². The molecule has 2 heterocycles. The van der Waals surface area contributed by atoms with Gasteiger partial charge in [-0.25, -0.2) is 4.98 Å². The highest BCUT2D eigenvalue weighted by Gasteiger charge is 2.03. The molecule has 3 rings (SSSR count). The van der Waals surface area contributed by atoms with Gasteiger partial charge in [-0.3, -0.25) is 4.98 Å². The Kier molecular flexibility index (Phi) is 2.75. The van der Waals surface area contributed by atoms with Gasteiger partial charge in [-0.15, -0.1) is 0 Å². The Morgan fingerprint density at radius 2 is 2.00 bits per heavy atom. The monoisotopic (exact) mass is 248 g/mol. The highest BCUT2D eigenvalue weighted by atomic mass is 16.5. The number of nitrogens with zero attached hydrogens (tertiary/aromatic N) is 4. The van der Waals surface area contributed by atoms with E-state index in [1.54, 1.807) is 6.20 Å². The van der Waals surface area contributed by atoms with Crippen LogP contribution in [0.4, 0.5) is 0 Å². The molecule has 0 aliphatic heterocycles. The number of rotatable bonds is 2. The molecule has 2 aromatic heterocycles. The van der Waals surface area contributed by atoms with E-state index < -0.39 is 0 Å². The van der Waals surface area contributed by atoms with Crippen molar-refractivity contribution in [2.75, 3.05) is 0 Å². The molecular weight excluding hydrogens is 240 g/mol. The Hall–Kier alpha value is -3.00. The van der Waals surface area contributed by atoms with Gasteiger partial charge in [-0.05, 0) is 18.2 Å². The molecule has 5 heteroatoms. The van der Waals surface area contributed by atoms with Crippen molar-refractivity contribution in [2.45, 2.75) is 0 Å². The van der Waals surface area contributed by atoms with Crippen molar-refractivity contribution in [2.24, 2.45) is 0 Å². The number of aromatic nitrogens is 3. The predicted octanol–water partition coefficient (Wildman–Crippen LogP) is 2.69. The summed E-state index contributed by atoms with van der Waals surface area (Å²) in [7, 11) is 0. The Morgan fingerprint density at radius 1 is 1.11 bits per heavy atom. The maximum absolute atomic E-state index is 8.76. The van der Waals surface area contributed by atoms with E-state index >= 15 is 0 Å². The molecule has 19 heavy (non-hydrogen) atoms. The lowest BCUT2D eigenvalue weighted by molar-refractivity contribution is 0.440. The molecule has 90 valence electrons. The van der Waals surface area contributed by atoms with Gasteiger partial charge in [-0.1, -0.05) is 18.2 Å². The van der Waals surface area contributed by atoms with Crippen LogP contribution in [-0.4, -0.2) is 15.0 Å². The Bertz CT molecular complexity index is 779. The predicted molar refractivity (Wildman–Crippen MR) is 68.6 cm³/mol. The first-order valence-corrected chi connectivity index (χ1v) is 5.61. The summed E-state index contributed by atoms with van der Waals surface area (Å²) in [5.41, 5.74) is 1.15. The first-order valence-electron chi connectivity index (χ1n) is 5.61. The largest absolute Gasteiger partial charge is 0.423 e. The lowest BCUT2D eigenvalue weighted by Crippen LogP contribution is -1.94. The van der Waals surface area contributed by atoms with E-state index in [0.717, 1.165) is 10.9 Å². The molecule has 5 nitrogen and oxygen atoms in total. The number of pyridine rings is 1. The Balaban J connectivity index is 1.94. The number of benzene rings is 1. The highest BCUT2D eigenvalue weighted by molar-refractivity contribution is 5.79. The van der Waals surface area contributed by atoms with E-state index in [-0.39, 0.29) is 11.7 Å². The molecule has 0 aliphatic rings. The summed E-state index contributed by atoms with van der Waals surface area (Å²) in [6.45, 7) is 0. The number of hydrogen-bond acceptors (Lipinski definition) is 5. The summed E-state index contributed by atoms with van der Waals surface area (Å²) < 4.78 is 5.49. The van der Waals surface area contributed by atoms with Crippen molar-refractivity contribution in [3.8, 4) is 17.8 Å². The molecule has 0 fully saturated rings. The second kappa shape index (κ2) is 4.70. The Morgan fingerprint density at radius 3 is 2.89 bits per heavy atom. The normalized spacial score (nSPS) is 10.1. The summed E-state index contributed by atoms with van der Waals surface area (Å²) in [4.78, 5) is 12.2. The molecule has 1 aromatic carbocycles. The van der Waals surface area contributed by atoms with E-state index in [4.69, 9.17) is 10.00 Å². The standard InChI is InChI=1S/C14H8N4O/c15-8-11-5-6-16-14(18-11)19-12-7-10-3-1-2-4-13(10)17-9-12/h1-7,9H. The SMILES string of the molecule is N#Cc1ccnc(Oc2cnc3ccccc3c2)n1. The lowest BCUT2D eigenvalue weighted by atomic mass is 10.2. The number of nitriles is 1. The van der Waals surface area contributed by atoms with Crippen molar-refractivity contribution >= 4 is 10.9 Å². The number of para-hydroxylation sites is 1. The van der Waals surface area contributed by atoms with Gasteiger partial charge < -0.3 is 4.74 Å². The smallest absolute Gasteiger partial charge is 0.323 e. The number of hydrogen-bond donors (Lipinski definition) is 0. The van der Waals surface area contributed by atoms with Gasteiger partial charge in [0.1, 0.15) is 17.5 Å². The van der Waals surface area contributed by atoms with Gasteiger partial charge in [0, 0.05) is 11.6 Å². The van der Waals surface area contributed by atoms with Gasteiger partial charge in [0.2, 0.25) is 0 Å². The third-order valence-electron chi connectivity index (χ3n) is 2.52. The van der Waals surface area contributed by atoms with E-state index in [9.17, 15) is 0 Å². The summed E-state index contributed by atoms with van der Waals surface area (Å²) in [5, 5.41) is 9.73. The fourth-order valence-corrected chi connectivity index (χ4v) is 1.66. The minimum Gasteiger partial charge on any atom is -0.423 e. The van der Waals surface area contributed by atoms with Crippen molar-refractivity contribution < 1.29 is 4.74 Å². The van der Waals surface area contributed by atoms with Crippen molar-refractivity contribution in [1.29, 1.82) is 5.26 Å². The summed E-state index contributed by atoms with van der Waals surface area (Å²) in [6.07, 6.45) is 3.08. The molecule has 0 amide bonds. The van der Waals surface area contributed by atoms with E-state index in [2.05, 4.69) is 15.0 Å². The minimum atomic E-state index is 0.135. The van der Waals surface area contributed by atoms with Crippen LogP contribution in [-0.2, 0) is 0 Å². The maximum Gasteiger partial charge on any atom is 0.323 e. The molecule has 0 unspecified atom stereocenters. The molecule has 0 saturated carbocycles. The average molecular weight is 248 g/mol. The second-order valence-corrected chi connectivity index (χ2v) is 3.80. The number of fused-ring (bicyclic) bond motifs is 1. The molecule has 0 radical (unpaired) electrons. The molecule has 0 spiro atoms. The first kappa shape index (κ1) is 11.1. The van der Waals surface area contributed by atoms with Crippen LogP contribution in [0.15, 0.2) is 48.8 Å². The summed E-state index contributed by atoms with van der Waals surface area (Å²) in [6, 6.07) is 13.2. The molecule has 3 aromatic rings. The second-order valence-electron chi connectivity index (χ2n) is 3.80. The van der Waals surface area contributed by atoms with Crippen molar-refractivity contribution in [1.82, 2.24) is 15.0 Å². The van der Waals surface area contributed by atoms with Crippen LogP contribution in [0.2, 0.25) is 0 Å². The van der Waals surface area contributed by atoms with Crippen molar-refractivity contribution in [3.05, 3.63) is 54.5 Å². The van der Waals surface area contributed by atoms with Crippen LogP contribution < -0.4 is 4.74 Å². The highest BCUT2D eigenvalue weighted by Crippen LogP contribution is 2.21. The van der Waals surface area contributed by atoms with Gasteiger partial charge >= 0.3 is 6.01 Å². The van der Waals surface area contributed by atoms with Gasteiger partial charge in [-0.2, -0.15) is 10.2 Å². The van der Waals surface area contributed by atoms with Crippen molar-refractivity contribution in [3.63, 3.8) is 0 Å².